The lowest BCUT2D eigenvalue weighted by atomic mass is 9.86. The molecule has 72 valence electrons. The van der Waals surface area contributed by atoms with Crippen molar-refractivity contribution in [2.45, 2.75) is 58.4 Å². The topological polar surface area (TPSA) is 26.0 Å². The average molecular weight is 169 g/mol. The van der Waals surface area contributed by atoms with Gasteiger partial charge in [0.1, 0.15) is 0 Å². The zero-order valence-electron chi connectivity index (χ0n) is 8.55. The van der Waals surface area contributed by atoms with Gasteiger partial charge in [-0.15, -0.1) is 0 Å². The minimum Gasteiger partial charge on any atom is -0.327 e. The molecule has 0 heterocycles. The summed E-state index contributed by atoms with van der Waals surface area (Å²) in [5.41, 5.74) is 6.16. The molecule has 12 heavy (non-hydrogen) atoms. The van der Waals surface area contributed by atoms with Crippen LogP contribution in [0.25, 0.3) is 0 Å². The normalized spacial score (nSPS) is 32.2. The molecule has 3 atom stereocenters. The zero-order valence-corrected chi connectivity index (χ0v) is 8.55. The van der Waals surface area contributed by atoms with Crippen molar-refractivity contribution in [2.75, 3.05) is 0 Å². The van der Waals surface area contributed by atoms with Gasteiger partial charge in [-0.1, -0.05) is 39.5 Å². The van der Waals surface area contributed by atoms with Gasteiger partial charge in [-0.05, 0) is 24.7 Å². The number of hydrogen-bond acceptors (Lipinski definition) is 1. The smallest absolute Gasteiger partial charge is 0.00697 e. The van der Waals surface area contributed by atoms with E-state index in [1.165, 1.54) is 38.5 Å². The summed E-state index contributed by atoms with van der Waals surface area (Å²) in [5, 5.41) is 0. The second-order valence-corrected chi connectivity index (χ2v) is 4.22. The summed E-state index contributed by atoms with van der Waals surface area (Å²) < 4.78 is 0. The van der Waals surface area contributed by atoms with Gasteiger partial charge >= 0.3 is 0 Å². The monoisotopic (exact) mass is 169 g/mol. The first kappa shape index (κ1) is 10.0. The highest BCUT2D eigenvalue weighted by atomic mass is 14.7. The van der Waals surface area contributed by atoms with Crippen molar-refractivity contribution < 1.29 is 0 Å². The van der Waals surface area contributed by atoms with Crippen LogP contribution in [0.2, 0.25) is 0 Å². The second kappa shape index (κ2) is 4.86. The Hall–Kier alpha value is -0.0400. The number of nitrogens with two attached hydrogens (primary N) is 1. The van der Waals surface area contributed by atoms with Gasteiger partial charge in [0, 0.05) is 6.04 Å². The van der Waals surface area contributed by atoms with E-state index >= 15 is 0 Å². The fraction of sp³-hybridized carbons (Fsp3) is 1.00. The van der Waals surface area contributed by atoms with Crippen molar-refractivity contribution in [3.8, 4) is 0 Å². The van der Waals surface area contributed by atoms with Crippen molar-refractivity contribution in [3.63, 3.8) is 0 Å². The van der Waals surface area contributed by atoms with E-state index in [0.717, 1.165) is 11.8 Å². The summed E-state index contributed by atoms with van der Waals surface area (Å²) in [6, 6.07) is 0.488. The van der Waals surface area contributed by atoms with Crippen LogP contribution in [0.4, 0.5) is 0 Å². The van der Waals surface area contributed by atoms with E-state index in [-0.39, 0.29) is 0 Å². The highest BCUT2D eigenvalue weighted by molar-refractivity contribution is 4.83. The molecule has 0 aromatic rings. The Labute approximate surface area is 76.7 Å². The Bertz CT molecular complexity index is 122. The molecule has 1 aliphatic carbocycles. The third-order valence-electron chi connectivity index (χ3n) is 3.41. The molecule has 0 aliphatic heterocycles. The molecule has 1 aliphatic rings. The fourth-order valence-corrected chi connectivity index (χ4v) is 2.68. The minimum absolute atomic E-state index is 0.488. The molecular weight excluding hydrogens is 146 g/mol. The van der Waals surface area contributed by atoms with Crippen molar-refractivity contribution in [3.05, 3.63) is 0 Å². The van der Waals surface area contributed by atoms with Gasteiger partial charge in [0.05, 0.1) is 0 Å². The lowest BCUT2D eigenvalue weighted by Crippen LogP contribution is -2.32. The van der Waals surface area contributed by atoms with E-state index in [1.807, 2.05) is 0 Å². The fourth-order valence-electron chi connectivity index (χ4n) is 2.68. The van der Waals surface area contributed by atoms with Gasteiger partial charge in [0.15, 0.2) is 0 Å². The van der Waals surface area contributed by atoms with Crippen molar-refractivity contribution >= 4 is 0 Å². The standard InChI is InChI=1S/C11H23N/c1-3-6-11(12)10-8-5-7-9(10)4-2/h9-11H,3-8,12H2,1-2H3. The Kier molecular flexibility index (Phi) is 4.07. The average Bonchev–Trinajstić information content (AvgIpc) is 2.51. The lowest BCUT2D eigenvalue weighted by molar-refractivity contribution is 0.304. The van der Waals surface area contributed by atoms with Crippen LogP contribution in [0.15, 0.2) is 0 Å². The first-order chi connectivity index (χ1) is 5.79. The van der Waals surface area contributed by atoms with E-state index in [4.69, 9.17) is 5.73 Å². The largest absolute Gasteiger partial charge is 0.327 e. The Balaban J connectivity index is 2.38. The zero-order chi connectivity index (χ0) is 8.97. The minimum atomic E-state index is 0.488. The van der Waals surface area contributed by atoms with Crippen LogP contribution in [0.1, 0.15) is 52.4 Å². The molecule has 0 radical (unpaired) electrons. The Morgan fingerprint density at radius 1 is 1.33 bits per heavy atom. The third-order valence-corrected chi connectivity index (χ3v) is 3.41. The molecule has 2 N–H and O–H groups in total. The summed E-state index contributed by atoms with van der Waals surface area (Å²) >= 11 is 0. The van der Waals surface area contributed by atoms with Crippen LogP contribution >= 0.6 is 0 Å². The van der Waals surface area contributed by atoms with Crippen molar-refractivity contribution in [1.29, 1.82) is 0 Å². The molecule has 1 rings (SSSR count). The quantitative estimate of drug-likeness (QED) is 0.688. The molecule has 1 heteroatoms. The molecule has 0 aromatic heterocycles. The van der Waals surface area contributed by atoms with E-state index in [2.05, 4.69) is 13.8 Å². The molecule has 1 saturated carbocycles. The molecule has 3 unspecified atom stereocenters. The van der Waals surface area contributed by atoms with Gasteiger partial charge in [-0.3, -0.25) is 0 Å². The van der Waals surface area contributed by atoms with Crippen LogP contribution in [-0.4, -0.2) is 6.04 Å². The number of hydrogen-bond donors (Lipinski definition) is 1. The highest BCUT2D eigenvalue weighted by Crippen LogP contribution is 2.36. The van der Waals surface area contributed by atoms with Crippen LogP contribution < -0.4 is 5.73 Å². The van der Waals surface area contributed by atoms with Crippen LogP contribution in [0, 0.1) is 11.8 Å². The Morgan fingerprint density at radius 2 is 2.08 bits per heavy atom. The van der Waals surface area contributed by atoms with Gasteiger partial charge in [0.2, 0.25) is 0 Å². The summed E-state index contributed by atoms with van der Waals surface area (Å²) in [6.07, 6.45) is 8.04. The molecule has 0 saturated heterocycles. The second-order valence-electron chi connectivity index (χ2n) is 4.22. The molecule has 0 spiro atoms. The van der Waals surface area contributed by atoms with E-state index in [1.54, 1.807) is 0 Å². The predicted molar refractivity (Wildman–Crippen MR) is 54.0 cm³/mol. The van der Waals surface area contributed by atoms with Crippen LogP contribution in [-0.2, 0) is 0 Å². The van der Waals surface area contributed by atoms with Gasteiger partial charge < -0.3 is 5.73 Å². The Morgan fingerprint density at radius 3 is 2.67 bits per heavy atom. The molecule has 0 amide bonds. The number of rotatable bonds is 4. The SMILES string of the molecule is CCCC(N)C1CCCC1CC. The van der Waals surface area contributed by atoms with E-state index in [0.29, 0.717) is 6.04 Å². The summed E-state index contributed by atoms with van der Waals surface area (Å²) in [6.45, 7) is 4.54. The maximum Gasteiger partial charge on any atom is 0.00697 e. The van der Waals surface area contributed by atoms with Crippen LogP contribution in [0.5, 0.6) is 0 Å². The van der Waals surface area contributed by atoms with Gasteiger partial charge in [-0.25, -0.2) is 0 Å². The summed E-state index contributed by atoms with van der Waals surface area (Å²) in [4.78, 5) is 0. The maximum atomic E-state index is 6.16. The lowest BCUT2D eigenvalue weighted by Gasteiger charge is -2.24. The molecule has 1 nitrogen and oxygen atoms in total. The first-order valence-electron chi connectivity index (χ1n) is 5.55. The highest BCUT2D eigenvalue weighted by Gasteiger charge is 2.29. The molecule has 1 fully saturated rings. The van der Waals surface area contributed by atoms with Gasteiger partial charge in [0.25, 0.3) is 0 Å². The first-order valence-corrected chi connectivity index (χ1v) is 5.55. The van der Waals surface area contributed by atoms with E-state index in [9.17, 15) is 0 Å². The molecule has 0 aromatic carbocycles. The predicted octanol–water partition coefficient (Wildman–Crippen LogP) is 2.94. The van der Waals surface area contributed by atoms with Crippen molar-refractivity contribution in [2.24, 2.45) is 17.6 Å². The van der Waals surface area contributed by atoms with Crippen LogP contribution in [0.3, 0.4) is 0 Å². The molecule has 0 bridgehead atoms. The maximum absolute atomic E-state index is 6.16. The summed E-state index contributed by atoms with van der Waals surface area (Å²) in [7, 11) is 0. The van der Waals surface area contributed by atoms with Gasteiger partial charge in [-0.2, -0.15) is 0 Å². The van der Waals surface area contributed by atoms with Crippen molar-refractivity contribution in [1.82, 2.24) is 0 Å². The summed E-state index contributed by atoms with van der Waals surface area (Å²) in [5.74, 6) is 1.78. The third kappa shape index (κ3) is 2.22. The molecular formula is C11H23N. The van der Waals surface area contributed by atoms with E-state index < -0.39 is 0 Å².